The van der Waals surface area contributed by atoms with Crippen LogP contribution in [0.2, 0.25) is 0 Å². The van der Waals surface area contributed by atoms with Crippen molar-refractivity contribution in [2.45, 2.75) is 77.4 Å². The number of allylic oxidation sites excluding steroid dienone is 2. The smallest absolute Gasteiger partial charge is 0.407 e. The number of pyridine rings is 1. The van der Waals surface area contributed by atoms with Crippen LogP contribution >= 0.6 is 0 Å². The number of carbonyl (C=O) groups excluding carboxylic acids is 3. The molecule has 3 fully saturated rings. The van der Waals surface area contributed by atoms with Gasteiger partial charge in [0.05, 0.1) is 13.2 Å². The molecular weight excluding hydrogens is 689 g/mol. The number of carbonyl (C=O) groups is 3. The summed E-state index contributed by atoms with van der Waals surface area (Å²) in [5, 5.41) is 5.93. The first kappa shape index (κ1) is 36.6. The van der Waals surface area contributed by atoms with Gasteiger partial charge in [0.2, 0.25) is 11.8 Å². The molecule has 3 aromatic rings. The van der Waals surface area contributed by atoms with Crippen LogP contribution in [0.4, 0.5) is 4.79 Å². The third-order valence-corrected chi connectivity index (χ3v) is 12.5. The van der Waals surface area contributed by atoms with Gasteiger partial charge in [-0.2, -0.15) is 0 Å². The number of nitrogens with one attached hydrogen (secondary N) is 2. The molecule has 1 saturated heterocycles. The topological polar surface area (TPSA) is 125 Å². The second-order valence-electron chi connectivity index (χ2n) is 16.1. The van der Waals surface area contributed by atoms with Gasteiger partial charge in [0.1, 0.15) is 6.04 Å². The lowest BCUT2D eigenvalue weighted by Crippen LogP contribution is -2.53. The molecule has 2 unspecified atom stereocenters. The summed E-state index contributed by atoms with van der Waals surface area (Å²) in [6, 6.07) is 20.5. The van der Waals surface area contributed by atoms with Crippen molar-refractivity contribution in [2.75, 3.05) is 13.7 Å². The number of rotatable bonds is 11. The molecule has 6 atom stereocenters. The standard InChI is InChI=1S/C45H50N6O4/c1-27(2)42(50-45(54)55-3)44(53)51-19-5-7-39(51)37-21-35(25-47-37)31-12-8-29(9-13-31)30-10-14-32(15-11-30)36-22-38(48-26-36)40-33-16-17-34(20-33)41(40)43(52)49-24-28-6-4-18-46-23-28/h4,6,8-15,18,23,25-27,33-34,39-42H,5,7,16-17,19-22,24H2,1-3H3,(H,49,52)(H,50,54)/t33?,34?,39-,40-,41+,42-/m0/s1. The fourth-order valence-corrected chi connectivity index (χ4v) is 9.62. The van der Waals surface area contributed by atoms with Crippen LogP contribution in [0.25, 0.3) is 22.3 Å². The number of fused-ring (bicyclic) bond motifs is 2. The van der Waals surface area contributed by atoms with Crippen molar-refractivity contribution in [3.63, 3.8) is 0 Å². The average molecular weight is 739 g/mol. The molecule has 2 saturated carbocycles. The Morgan fingerprint density at radius 2 is 1.47 bits per heavy atom. The lowest BCUT2D eigenvalue weighted by atomic mass is 9.75. The van der Waals surface area contributed by atoms with Crippen molar-refractivity contribution in [2.24, 2.45) is 39.6 Å². The van der Waals surface area contributed by atoms with Gasteiger partial charge in [0.25, 0.3) is 0 Å². The molecule has 55 heavy (non-hydrogen) atoms. The van der Waals surface area contributed by atoms with E-state index in [1.54, 1.807) is 6.20 Å². The van der Waals surface area contributed by atoms with E-state index in [-0.39, 0.29) is 35.6 Å². The monoisotopic (exact) mass is 738 g/mol. The quantitative estimate of drug-likeness (QED) is 0.211. The zero-order chi connectivity index (χ0) is 38.1. The largest absolute Gasteiger partial charge is 0.453 e. The lowest BCUT2D eigenvalue weighted by molar-refractivity contribution is -0.134. The summed E-state index contributed by atoms with van der Waals surface area (Å²) < 4.78 is 4.78. The van der Waals surface area contributed by atoms with Gasteiger partial charge in [-0.15, -0.1) is 0 Å². The lowest BCUT2D eigenvalue weighted by Gasteiger charge is -2.31. The van der Waals surface area contributed by atoms with E-state index in [9.17, 15) is 14.4 Å². The minimum Gasteiger partial charge on any atom is -0.453 e. The van der Waals surface area contributed by atoms with Gasteiger partial charge in [-0.3, -0.25) is 24.6 Å². The molecule has 10 nitrogen and oxygen atoms in total. The Kier molecular flexibility index (Phi) is 10.5. The number of ether oxygens (including phenoxy) is 1. The van der Waals surface area contributed by atoms with Gasteiger partial charge in [-0.05, 0) is 94.9 Å². The summed E-state index contributed by atoms with van der Waals surface area (Å²) in [4.78, 5) is 54.9. The van der Waals surface area contributed by atoms with Crippen molar-refractivity contribution < 1.29 is 19.1 Å². The molecule has 8 rings (SSSR count). The van der Waals surface area contributed by atoms with E-state index in [0.29, 0.717) is 31.3 Å². The van der Waals surface area contributed by atoms with Gasteiger partial charge in [0.15, 0.2) is 0 Å². The second-order valence-corrected chi connectivity index (χ2v) is 16.1. The first-order valence-corrected chi connectivity index (χ1v) is 19.8. The predicted octanol–water partition coefficient (Wildman–Crippen LogP) is 7.47. The van der Waals surface area contributed by atoms with Crippen LogP contribution in [-0.4, -0.2) is 65.0 Å². The fourth-order valence-electron chi connectivity index (χ4n) is 9.62. The highest BCUT2D eigenvalue weighted by atomic mass is 16.5. The summed E-state index contributed by atoms with van der Waals surface area (Å²) in [5.74, 6) is 1.18. The summed E-state index contributed by atoms with van der Waals surface area (Å²) in [6.45, 7) is 5.01. The normalized spacial score (nSPS) is 24.7. The number of aliphatic imine (C=N–C) groups is 2. The second kappa shape index (κ2) is 15.8. The van der Waals surface area contributed by atoms with Gasteiger partial charge in [0, 0.05) is 74.0 Å². The SMILES string of the molecule is COC(=O)N[C@H](C(=O)N1CCC[C@H]1C1=NC=C(c2ccc(-c3ccc(C4=CN=C([C@@H]5C6CCC(C6)[C@H]5C(=O)NCc5cccnc5)C4)cc3)cc2)C1)C(C)C. The van der Waals surface area contributed by atoms with Gasteiger partial charge in [-0.1, -0.05) is 68.4 Å². The van der Waals surface area contributed by atoms with Crippen LogP contribution in [0, 0.1) is 29.6 Å². The number of hydrogen-bond acceptors (Lipinski definition) is 7. The van der Waals surface area contributed by atoms with Crippen LogP contribution < -0.4 is 10.6 Å². The first-order chi connectivity index (χ1) is 26.8. The zero-order valence-corrected chi connectivity index (χ0v) is 31.9. The maximum Gasteiger partial charge on any atom is 0.407 e. The van der Waals surface area contributed by atoms with Crippen LogP contribution in [0.1, 0.15) is 75.5 Å². The molecule has 2 aliphatic carbocycles. The van der Waals surface area contributed by atoms with E-state index in [0.717, 1.165) is 65.6 Å². The third-order valence-electron chi connectivity index (χ3n) is 12.5. The van der Waals surface area contributed by atoms with Crippen molar-refractivity contribution >= 4 is 40.5 Å². The molecular formula is C45H50N6O4. The number of amides is 3. The van der Waals surface area contributed by atoms with Gasteiger partial charge >= 0.3 is 6.09 Å². The van der Waals surface area contributed by atoms with Gasteiger partial charge in [-0.25, -0.2) is 4.79 Å². The molecule has 2 aromatic carbocycles. The van der Waals surface area contributed by atoms with E-state index >= 15 is 0 Å². The van der Waals surface area contributed by atoms with Crippen LogP contribution in [-0.2, 0) is 20.9 Å². The van der Waals surface area contributed by atoms with E-state index < -0.39 is 12.1 Å². The van der Waals surface area contributed by atoms with Crippen LogP contribution in [0.5, 0.6) is 0 Å². The molecule has 4 heterocycles. The van der Waals surface area contributed by atoms with Crippen molar-refractivity contribution in [3.8, 4) is 11.1 Å². The zero-order valence-electron chi connectivity index (χ0n) is 31.9. The third kappa shape index (κ3) is 7.51. The Morgan fingerprint density at radius 3 is 2.11 bits per heavy atom. The summed E-state index contributed by atoms with van der Waals surface area (Å²) in [5.41, 5.74) is 10.1. The maximum absolute atomic E-state index is 13.6. The van der Waals surface area contributed by atoms with Gasteiger partial charge < -0.3 is 20.3 Å². The fraction of sp³-hybridized carbons (Fsp3) is 0.422. The minimum atomic E-state index is -0.645. The molecule has 10 heteroatoms. The van der Waals surface area contributed by atoms with E-state index in [4.69, 9.17) is 14.7 Å². The molecule has 5 aliphatic rings. The molecule has 2 bridgehead atoms. The molecule has 0 radical (unpaired) electrons. The number of benzene rings is 2. The Labute approximate surface area is 323 Å². The Morgan fingerprint density at radius 1 is 0.836 bits per heavy atom. The summed E-state index contributed by atoms with van der Waals surface area (Å²) in [7, 11) is 1.31. The number of methoxy groups -OCH3 is 1. The number of likely N-dealkylation sites (tertiary alicyclic amines) is 1. The molecule has 2 N–H and O–H groups in total. The predicted molar refractivity (Wildman–Crippen MR) is 215 cm³/mol. The maximum atomic E-state index is 13.6. The molecule has 1 aromatic heterocycles. The Bertz CT molecular complexity index is 2050. The highest BCUT2D eigenvalue weighted by Crippen LogP contribution is 2.54. The van der Waals surface area contributed by atoms with Crippen molar-refractivity contribution in [3.05, 3.63) is 102 Å². The number of aromatic nitrogens is 1. The average Bonchev–Trinajstić information content (AvgIpc) is 4.07. The Balaban J connectivity index is 0.863. The molecule has 0 spiro atoms. The first-order valence-electron chi connectivity index (χ1n) is 19.8. The van der Waals surface area contributed by atoms with Crippen molar-refractivity contribution in [1.82, 2.24) is 20.5 Å². The number of nitrogens with zero attached hydrogens (tertiary/aromatic N) is 4. The minimum absolute atomic E-state index is 0.00802. The van der Waals surface area contributed by atoms with E-state index in [1.165, 1.54) is 30.4 Å². The summed E-state index contributed by atoms with van der Waals surface area (Å²) >= 11 is 0. The summed E-state index contributed by atoms with van der Waals surface area (Å²) in [6.07, 6.45) is 13.6. The molecule has 3 amide bonds. The molecule has 3 aliphatic heterocycles. The van der Waals surface area contributed by atoms with E-state index in [1.807, 2.05) is 49.5 Å². The highest BCUT2D eigenvalue weighted by molar-refractivity contribution is 6.04. The van der Waals surface area contributed by atoms with Crippen LogP contribution in [0.15, 0.2) is 95.4 Å². The number of alkyl carbamates (subject to hydrolysis) is 1. The number of hydrogen-bond donors (Lipinski definition) is 2. The molecule has 284 valence electrons. The van der Waals surface area contributed by atoms with Crippen molar-refractivity contribution in [1.29, 1.82) is 0 Å². The van der Waals surface area contributed by atoms with E-state index in [2.05, 4.69) is 64.1 Å². The highest BCUT2D eigenvalue weighted by Gasteiger charge is 2.52. The van der Waals surface area contributed by atoms with Crippen LogP contribution in [0.3, 0.4) is 0 Å². The Hall–Kier alpha value is -5.38.